The maximum Gasteiger partial charge on any atom is 0.149 e. The van der Waals surface area contributed by atoms with Crippen LogP contribution in [0.25, 0.3) is 0 Å². The number of benzene rings is 1. The zero-order valence-corrected chi connectivity index (χ0v) is 11.8. The Bertz CT molecular complexity index is 340. The molecule has 0 heterocycles. The van der Waals surface area contributed by atoms with Gasteiger partial charge in [0, 0.05) is 5.92 Å². The van der Waals surface area contributed by atoms with E-state index in [1.165, 1.54) is 11.1 Å². The molecule has 88 valence electrons. The second-order valence-corrected chi connectivity index (χ2v) is 5.50. The molecule has 1 aromatic carbocycles. The molecule has 0 radical (unpaired) electrons. The van der Waals surface area contributed by atoms with Crippen molar-refractivity contribution in [2.24, 2.45) is 5.92 Å². The lowest BCUT2D eigenvalue weighted by molar-refractivity contribution is -0.121. The monoisotopic (exact) mass is 282 g/mol. The number of rotatable bonds is 5. The summed E-state index contributed by atoms with van der Waals surface area (Å²) in [4.78, 5) is 11.7. The molecule has 1 unspecified atom stereocenters. The molecule has 0 saturated heterocycles. The highest BCUT2D eigenvalue weighted by atomic mass is 79.9. The Hall–Kier alpha value is -0.630. The van der Waals surface area contributed by atoms with Gasteiger partial charge in [0.15, 0.2) is 0 Å². The number of hydrogen-bond donors (Lipinski definition) is 0. The molecule has 16 heavy (non-hydrogen) atoms. The van der Waals surface area contributed by atoms with Gasteiger partial charge in [-0.15, -0.1) is 0 Å². The van der Waals surface area contributed by atoms with Gasteiger partial charge in [0.05, 0.1) is 4.83 Å². The number of alkyl halides is 1. The van der Waals surface area contributed by atoms with E-state index in [9.17, 15) is 4.79 Å². The minimum Gasteiger partial charge on any atom is -0.298 e. The smallest absolute Gasteiger partial charge is 0.149 e. The van der Waals surface area contributed by atoms with Crippen molar-refractivity contribution in [2.75, 3.05) is 0 Å². The van der Waals surface area contributed by atoms with Crippen molar-refractivity contribution in [3.63, 3.8) is 0 Å². The SMILES string of the molecule is CCc1ccc(CC(Br)C(=O)C(C)C)cc1. The molecule has 0 N–H and O–H groups in total. The van der Waals surface area contributed by atoms with Crippen LogP contribution in [0, 0.1) is 5.92 Å². The summed E-state index contributed by atoms with van der Waals surface area (Å²) in [5, 5.41) is 0. The summed E-state index contributed by atoms with van der Waals surface area (Å²) in [6.07, 6.45) is 1.84. The number of carbonyl (C=O) groups is 1. The fourth-order valence-electron chi connectivity index (χ4n) is 1.58. The molecular formula is C14H19BrO. The minimum absolute atomic E-state index is 0.0556. The van der Waals surface area contributed by atoms with Crippen molar-refractivity contribution < 1.29 is 4.79 Å². The Balaban J connectivity index is 2.62. The molecule has 1 nitrogen and oxygen atoms in total. The van der Waals surface area contributed by atoms with E-state index in [0.29, 0.717) is 0 Å². The van der Waals surface area contributed by atoms with Crippen molar-refractivity contribution in [3.05, 3.63) is 35.4 Å². The van der Waals surface area contributed by atoms with Crippen LogP contribution >= 0.6 is 15.9 Å². The number of halogens is 1. The third-order valence-electron chi connectivity index (χ3n) is 2.72. The lowest BCUT2D eigenvalue weighted by Crippen LogP contribution is -2.21. The summed E-state index contributed by atoms with van der Waals surface area (Å²) in [7, 11) is 0. The highest BCUT2D eigenvalue weighted by molar-refractivity contribution is 9.10. The van der Waals surface area contributed by atoms with Gasteiger partial charge in [-0.1, -0.05) is 61.0 Å². The van der Waals surface area contributed by atoms with E-state index < -0.39 is 0 Å². The highest BCUT2D eigenvalue weighted by Crippen LogP contribution is 2.15. The summed E-state index contributed by atoms with van der Waals surface area (Å²) >= 11 is 3.47. The van der Waals surface area contributed by atoms with E-state index in [-0.39, 0.29) is 16.5 Å². The van der Waals surface area contributed by atoms with Crippen LogP contribution in [-0.2, 0) is 17.6 Å². The van der Waals surface area contributed by atoms with Gasteiger partial charge in [0.25, 0.3) is 0 Å². The van der Waals surface area contributed by atoms with Gasteiger partial charge in [0.2, 0.25) is 0 Å². The molecule has 0 aromatic heterocycles. The number of aryl methyl sites for hydroxylation is 1. The quantitative estimate of drug-likeness (QED) is 0.752. The van der Waals surface area contributed by atoms with E-state index in [4.69, 9.17) is 0 Å². The van der Waals surface area contributed by atoms with Gasteiger partial charge in [-0.05, 0) is 24.0 Å². The molecular weight excluding hydrogens is 264 g/mol. The third-order valence-corrected chi connectivity index (χ3v) is 3.50. The molecule has 0 bridgehead atoms. The Morgan fingerprint density at radius 2 is 1.69 bits per heavy atom. The van der Waals surface area contributed by atoms with Crippen LogP contribution in [0.3, 0.4) is 0 Å². The van der Waals surface area contributed by atoms with Crippen LogP contribution in [-0.4, -0.2) is 10.6 Å². The van der Waals surface area contributed by atoms with Crippen LogP contribution in [0.1, 0.15) is 31.9 Å². The van der Waals surface area contributed by atoms with Gasteiger partial charge in [-0.3, -0.25) is 4.79 Å². The van der Waals surface area contributed by atoms with Gasteiger partial charge < -0.3 is 0 Å². The van der Waals surface area contributed by atoms with Crippen molar-refractivity contribution in [1.29, 1.82) is 0 Å². The Morgan fingerprint density at radius 3 is 2.12 bits per heavy atom. The number of hydrogen-bond acceptors (Lipinski definition) is 1. The molecule has 0 aliphatic rings. The van der Waals surface area contributed by atoms with Crippen LogP contribution in [0.4, 0.5) is 0 Å². The fourth-order valence-corrected chi connectivity index (χ4v) is 2.48. The molecule has 0 fully saturated rings. The fraction of sp³-hybridized carbons (Fsp3) is 0.500. The predicted octanol–water partition coefficient (Wildman–Crippen LogP) is 3.78. The molecule has 0 aliphatic carbocycles. The Kier molecular flexibility index (Phi) is 5.20. The molecule has 1 aromatic rings. The van der Waals surface area contributed by atoms with Crippen molar-refractivity contribution in [1.82, 2.24) is 0 Å². The van der Waals surface area contributed by atoms with Crippen LogP contribution in [0.2, 0.25) is 0 Å². The molecule has 0 spiro atoms. The summed E-state index contributed by atoms with van der Waals surface area (Å²) < 4.78 is 0. The zero-order valence-electron chi connectivity index (χ0n) is 10.2. The Labute approximate surface area is 106 Å². The largest absolute Gasteiger partial charge is 0.298 e. The predicted molar refractivity (Wildman–Crippen MR) is 72.1 cm³/mol. The van der Waals surface area contributed by atoms with Crippen LogP contribution in [0.15, 0.2) is 24.3 Å². The average molecular weight is 283 g/mol. The first-order chi connectivity index (χ1) is 7.54. The minimum atomic E-state index is -0.0556. The van der Waals surface area contributed by atoms with Gasteiger partial charge in [-0.25, -0.2) is 0 Å². The van der Waals surface area contributed by atoms with Gasteiger partial charge in [-0.2, -0.15) is 0 Å². The first-order valence-corrected chi connectivity index (χ1v) is 6.71. The van der Waals surface area contributed by atoms with Gasteiger partial charge >= 0.3 is 0 Å². The van der Waals surface area contributed by atoms with Crippen molar-refractivity contribution in [3.8, 4) is 0 Å². The second kappa shape index (κ2) is 6.19. The second-order valence-electron chi connectivity index (χ2n) is 4.40. The van der Waals surface area contributed by atoms with Gasteiger partial charge in [0.1, 0.15) is 5.78 Å². The summed E-state index contributed by atoms with van der Waals surface area (Å²) in [5.41, 5.74) is 2.55. The highest BCUT2D eigenvalue weighted by Gasteiger charge is 2.18. The summed E-state index contributed by atoms with van der Waals surface area (Å²) in [6.45, 7) is 6.03. The standard InChI is InChI=1S/C14H19BrO/c1-4-11-5-7-12(8-6-11)9-13(15)14(16)10(2)3/h5-8,10,13H,4,9H2,1-3H3. The van der Waals surface area contributed by atoms with E-state index in [1.807, 2.05) is 13.8 Å². The third kappa shape index (κ3) is 3.75. The molecule has 0 amide bonds. The van der Waals surface area contributed by atoms with Crippen LogP contribution < -0.4 is 0 Å². The molecule has 0 saturated carbocycles. The van der Waals surface area contributed by atoms with Crippen molar-refractivity contribution in [2.45, 2.75) is 38.4 Å². The van der Waals surface area contributed by atoms with E-state index in [0.717, 1.165) is 12.8 Å². The summed E-state index contributed by atoms with van der Waals surface area (Å²) in [5.74, 6) is 0.374. The number of ketones is 1. The van der Waals surface area contributed by atoms with Crippen LogP contribution in [0.5, 0.6) is 0 Å². The maximum absolute atomic E-state index is 11.7. The average Bonchev–Trinajstić information content (AvgIpc) is 2.28. The topological polar surface area (TPSA) is 17.1 Å². The molecule has 2 heteroatoms. The molecule has 1 rings (SSSR count). The molecule has 0 aliphatic heterocycles. The van der Waals surface area contributed by atoms with Crippen molar-refractivity contribution >= 4 is 21.7 Å². The lowest BCUT2D eigenvalue weighted by Gasteiger charge is -2.11. The number of Topliss-reactive ketones (excluding diaryl/α,β-unsaturated/α-hetero) is 1. The Morgan fingerprint density at radius 1 is 1.19 bits per heavy atom. The number of carbonyl (C=O) groups excluding carboxylic acids is 1. The summed E-state index contributed by atoms with van der Waals surface area (Å²) in [6, 6.07) is 8.49. The zero-order chi connectivity index (χ0) is 12.1. The van der Waals surface area contributed by atoms with E-state index in [1.54, 1.807) is 0 Å². The lowest BCUT2D eigenvalue weighted by atomic mass is 10.00. The first-order valence-electron chi connectivity index (χ1n) is 5.80. The normalized spacial score (nSPS) is 12.8. The maximum atomic E-state index is 11.7. The van der Waals surface area contributed by atoms with E-state index >= 15 is 0 Å². The molecule has 1 atom stereocenters. The van der Waals surface area contributed by atoms with E-state index in [2.05, 4.69) is 47.1 Å². The first kappa shape index (κ1) is 13.4.